The van der Waals surface area contributed by atoms with Gasteiger partial charge in [0.15, 0.2) is 0 Å². The van der Waals surface area contributed by atoms with E-state index in [0.29, 0.717) is 12.8 Å². The van der Waals surface area contributed by atoms with Gasteiger partial charge in [-0.15, -0.1) is 0 Å². The van der Waals surface area contributed by atoms with E-state index < -0.39 is 0 Å². The lowest BCUT2D eigenvalue weighted by molar-refractivity contribution is -0.122. The molecule has 0 fully saturated rings. The van der Waals surface area contributed by atoms with Crippen molar-refractivity contribution in [2.45, 2.75) is 52.4 Å². The number of hydrazone groups is 2. The summed E-state index contributed by atoms with van der Waals surface area (Å²) < 4.78 is 0. The van der Waals surface area contributed by atoms with Crippen LogP contribution >= 0.6 is 0 Å². The van der Waals surface area contributed by atoms with E-state index in [1.165, 1.54) is 11.1 Å². The lowest BCUT2D eigenvalue weighted by Crippen LogP contribution is -2.17. The zero-order valence-electron chi connectivity index (χ0n) is 17.7. The lowest BCUT2D eigenvalue weighted by atomic mass is 10.1. The third kappa shape index (κ3) is 9.78. The van der Waals surface area contributed by atoms with Crippen molar-refractivity contribution in [2.75, 3.05) is 0 Å². The summed E-state index contributed by atoms with van der Waals surface area (Å²) in [5.74, 6) is -0.192. The number of aryl methyl sites for hydroxylation is 2. The highest BCUT2D eigenvalue weighted by Gasteiger charge is 2.02. The van der Waals surface area contributed by atoms with Gasteiger partial charge in [-0.05, 0) is 37.8 Å². The molecule has 0 aliphatic rings. The molecule has 0 heterocycles. The molecule has 158 valence electrons. The number of benzene rings is 2. The van der Waals surface area contributed by atoms with Crippen LogP contribution in [-0.2, 0) is 9.59 Å². The van der Waals surface area contributed by atoms with Crippen molar-refractivity contribution in [3.63, 3.8) is 0 Å². The van der Waals surface area contributed by atoms with Crippen LogP contribution in [0.3, 0.4) is 0 Å². The molecule has 0 atom stereocenters. The van der Waals surface area contributed by atoms with Gasteiger partial charge in [-0.1, -0.05) is 72.5 Å². The fraction of sp³-hybridized carbons (Fsp3) is 0.333. The second kappa shape index (κ2) is 13.0. The molecule has 0 bridgehead atoms. The minimum atomic E-state index is -0.0958. The van der Waals surface area contributed by atoms with Crippen molar-refractivity contribution < 1.29 is 9.59 Å². The average Bonchev–Trinajstić information content (AvgIpc) is 2.73. The van der Waals surface area contributed by atoms with Crippen molar-refractivity contribution in [3.05, 3.63) is 70.8 Å². The van der Waals surface area contributed by atoms with Crippen molar-refractivity contribution in [1.29, 1.82) is 0 Å². The topological polar surface area (TPSA) is 82.9 Å². The van der Waals surface area contributed by atoms with Crippen LogP contribution in [0.1, 0.15) is 60.8 Å². The molecule has 2 aromatic carbocycles. The summed E-state index contributed by atoms with van der Waals surface area (Å²) in [6.45, 7) is 4.05. The zero-order chi connectivity index (χ0) is 21.6. The van der Waals surface area contributed by atoms with Crippen molar-refractivity contribution >= 4 is 24.2 Å². The molecule has 0 saturated carbocycles. The number of carbonyl (C=O) groups excluding carboxylic acids is 2. The maximum Gasteiger partial charge on any atom is 0.240 e. The molecule has 6 heteroatoms. The van der Waals surface area contributed by atoms with Gasteiger partial charge >= 0.3 is 0 Å². The third-order valence-corrected chi connectivity index (χ3v) is 4.52. The molecule has 0 aliphatic carbocycles. The Morgan fingerprint density at radius 3 is 1.40 bits per heavy atom. The fourth-order valence-electron chi connectivity index (χ4n) is 2.70. The third-order valence-electron chi connectivity index (χ3n) is 4.52. The normalized spacial score (nSPS) is 11.1. The van der Waals surface area contributed by atoms with Gasteiger partial charge in [0.05, 0.1) is 12.4 Å². The molecule has 0 unspecified atom stereocenters. The highest BCUT2D eigenvalue weighted by molar-refractivity contribution is 5.83. The van der Waals surface area contributed by atoms with Gasteiger partial charge in [0.1, 0.15) is 0 Å². The Morgan fingerprint density at radius 1 is 0.667 bits per heavy atom. The van der Waals surface area contributed by atoms with E-state index in [2.05, 4.69) is 21.1 Å². The van der Waals surface area contributed by atoms with Crippen LogP contribution in [0.4, 0.5) is 0 Å². The predicted molar refractivity (Wildman–Crippen MR) is 122 cm³/mol. The fourth-order valence-corrected chi connectivity index (χ4v) is 2.70. The van der Waals surface area contributed by atoms with Crippen LogP contribution in [0.5, 0.6) is 0 Å². The number of hydrogen-bond acceptors (Lipinski definition) is 4. The Labute approximate surface area is 178 Å². The summed E-state index contributed by atoms with van der Waals surface area (Å²) in [6, 6.07) is 15.8. The van der Waals surface area contributed by atoms with Gasteiger partial charge in [0, 0.05) is 12.8 Å². The second-order valence-electron chi connectivity index (χ2n) is 7.32. The molecule has 2 aromatic rings. The molecule has 0 aliphatic heterocycles. The molecule has 0 saturated heterocycles. The Kier molecular flexibility index (Phi) is 10.00. The first-order chi connectivity index (χ1) is 14.5. The lowest BCUT2D eigenvalue weighted by Gasteiger charge is -2.02. The highest BCUT2D eigenvalue weighted by Crippen LogP contribution is 2.06. The Morgan fingerprint density at radius 2 is 1.03 bits per heavy atom. The molecule has 2 amide bonds. The molecule has 0 radical (unpaired) electrons. The number of unbranched alkanes of at least 4 members (excludes halogenated alkanes) is 3. The van der Waals surface area contributed by atoms with Gasteiger partial charge < -0.3 is 0 Å². The van der Waals surface area contributed by atoms with Gasteiger partial charge in [-0.2, -0.15) is 10.2 Å². The molecule has 2 N–H and O–H groups in total. The Balaban J connectivity index is 1.49. The van der Waals surface area contributed by atoms with Crippen LogP contribution in [-0.4, -0.2) is 24.2 Å². The molecular weight excluding hydrogens is 376 g/mol. The van der Waals surface area contributed by atoms with Crippen LogP contribution in [0.15, 0.2) is 58.7 Å². The van der Waals surface area contributed by atoms with Gasteiger partial charge in [-0.25, -0.2) is 10.9 Å². The van der Waals surface area contributed by atoms with Crippen LogP contribution in [0.2, 0.25) is 0 Å². The first-order valence-electron chi connectivity index (χ1n) is 10.3. The summed E-state index contributed by atoms with van der Waals surface area (Å²) in [6.07, 6.45) is 7.48. The predicted octanol–water partition coefficient (Wildman–Crippen LogP) is 4.24. The average molecular weight is 407 g/mol. The van der Waals surface area contributed by atoms with E-state index in [1.807, 2.05) is 62.4 Å². The van der Waals surface area contributed by atoms with Crippen molar-refractivity contribution in [1.82, 2.24) is 10.9 Å². The smallest absolute Gasteiger partial charge is 0.240 e. The Hall–Kier alpha value is -3.28. The molecule has 30 heavy (non-hydrogen) atoms. The van der Waals surface area contributed by atoms with E-state index in [0.717, 1.165) is 36.8 Å². The van der Waals surface area contributed by atoms with Gasteiger partial charge in [-0.3, -0.25) is 9.59 Å². The minimum absolute atomic E-state index is 0.0958. The van der Waals surface area contributed by atoms with Crippen molar-refractivity contribution in [2.24, 2.45) is 10.2 Å². The quantitative estimate of drug-likeness (QED) is 0.332. The molecule has 2 rings (SSSR count). The zero-order valence-corrected chi connectivity index (χ0v) is 17.7. The number of nitrogens with zero attached hydrogens (tertiary/aromatic N) is 2. The number of hydrogen-bond donors (Lipinski definition) is 2. The van der Waals surface area contributed by atoms with Crippen LogP contribution in [0, 0.1) is 13.8 Å². The van der Waals surface area contributed by atoms with E-state index >= 15 is 0 Å². The second-order valence-corrected chi connectivity index (χ2v) is 7.32. The summed E-state index contributed by atoms with van der Waals surface area (Å²) >= 11 is 0. The summed E-state index contributed by atoms with van der Waals surface area (Å²) in [5.41, 5.74) is 9.35. The first kappa shape index (κ1) is 23.0. The summed E-state index contributed by atoms with van der Waals surface area (Å²) in [4.78, 5) is 23.6. The number of amides is 2. The van der Waals surface area contributed by atoms with Crippen LogP contribution < -0.4 is 10.9 Å². The molecule has 0 spiro atoms. The number of rotatable bonds is 11. The SMILES string of the molecule is Cc1ccc(C=NNC(=O)CCCCCCC(=O)NN=Cc2ccc(C)cc2)cc1. The van der Waals surface area contributed by atoms with E-state index in [4.69, 9.17) is 0 Å². The van der Waals surface area contributed by atoms with E-state index in [9.17, 15) is 9.59 Å². The summed E-state index contributed by atoms with van der Waals surface area (Å²) in [5, 5.41) is 7.95. The van der Waals surface area contributed by atoms with Crippen molar-refractivity contribution in [3.8, 4) is 0 Å². The maximum absolute atomic E-state index is 11.8. The molecule has 6 nitrogen and oxygen atoms in total. The van der Waals surface area contributed by atoms with Gasteiger partial charge in [0.2, 0.25) is 11.8 Å². The summed E-state index contributed by atoms with van der Waals surface area (Å²) in [7, 11) is 0. The Bertz CT molecular complexity index is 782. The molecular formula is C24H30N4O2. The maximum atomic E-state index is 11.8. The first-order valence-corrected chi connectivity index (χ1v) is 10.3. The largest absolute Gasteiger partial charge is 0.273 e. The standard InChI is InChI=1S/C24H30N4O2/c1-19-9-13-21(14-10-19)17-25-27-23(29)7-5-3-4-6-8-24(30)28-26-18-22-15-11-20(2)12-16-22/h9-18H,3-8H2,1-2H3,(H,27,29)(H,28,30). The van der Waals surface area contributed by atoms with Gasteiger partial charge in [0.25, 0.3) is 0 Å². The van der Waals surface area contributed by atoms with E-state index in [-0.39, 0.29) is 11.8 Å². The minimum Gasteiger partial charge on any atom is -0.273 e. The number of carbonyl (C=O) groups is 2. The van der Waals surface area contributed by atoms with E-state index in [1.54, 1.807) is 12.4 Å². The highest BCUT2D eigenvalue weighted by atomic mass is 16.2. The number of nitrogens with one attached hydrogen (secondary N) is 2. The molecule has 0 aromatic heterocycles. The van der Waals surface area contributed by atoms with Crippen LogP contribution in [0.25, 0.3) is 0 Å². The monoisotopic (exact) mass is 406 g/mol.